The molecule has 0 aromatic heterocycles. The maximum Gasteiger partial charge on any atom is 0.243 e. The van der Waals surface area contributed by atoms with Crippen molar-refractivity contribution >= 4 is 5.91 Å². The monoisotopic (exact) mass is 295 g/mol. The van der Waals surface area contributed by atoms with E-state index < -0.39 is 5.54 Å². The number of hydrogen-bond acceptors (Lipinski definition) is 4. The molecule has 120 valence electrons. The van der Waals surface area contributed by atoms with Gasteiger partial charge in [0.2, 0.25) is 5.91 Å². The van der Waals surface area contributed by atoms with Crippen LogP contribution in [0.15, 0.2) is 0 Å². The molecule has 3 atom stereocenters. The zero-order valence-electron chi connectivity index (χ0n) is 13.6. The Balaban J connectivity index is 1.79. The fourth-order valence-electron chi connectivity index (χ4n) is 4.52. The first-order valence-corrected chi connectivity index (χ1v) is 8.27. The molecule has 2 aliphatic heterocycles. The van der Waals surface area contributed by atoms with Crippen molar-refractivity contribution in [3.63, 3.8) is 0 Å². The fraction of sp³-hybridized carbons (Fsp3) is 0.938. The van der Waals surface area contributed by atoms with Gasteiger partial charge < -0.3 is 20.3 Å². The van der Waals surface area contributed by atoms with Crippen LogP contribution in [0.25, 0.3) is 0 Å². The first kappa shape index (κ1) is 15.3. The van der Waals surface area contributed by atoms with Gasteiger partial charge in [0, 0.05) is 37.6 Å². The second kappa shape index (κ2) is 5.21. The van der Waals surface area contributed by atoms with Gasteiger partial charge in [-0.05, 0) is 32.9 Å². The number of nitrogens with zero attached hydrogens (tertiary/aromatic N) is 2. The van der Waals surface area contributed by atoms with Crippen LogP contribution < -0.4 is 5.73 Å². The summed E-state index contributed by atoms with van der Waals surface area (Å²) in [5.74, 6) is 0.337. The van der Waals surface area contributed by atoms with Gasteiger partial charge in [0.1, 0.15) is 5.54 Å². The predicted molar refractivity (Wildman–Crippen MR) is 81.9 cm³/mol. The summed E-state index contributed by atoms with van der Waals surface area (Å²) in [6, 6.07) is 0. The lowest BCUT2D eigenvalue weighted by atomic mass is 9.46. The van der Waals surface area contributed by atoms with E-state index in [2.05, 4.69) is 25.8 Å². The third-order valence-electron chi connectivity index (χ3n) is 6.05. The van der Waals surface area contributed by atoms with Crippen molar-refractivity contribution in [2.75, 3.05) is 39.8 Å². The minimum absolute atomic E-state index is 0.148. The van der Waals surface area contributed by atoms with Gasteiger partial charge in [-0.25, -0.2) is 0 Å². The molecule has 0 bridgehead atoms. The molecule has 0 aromatic rings. The van der Waals surface area contributed by atoms with Crippen molar-refractivity contribution in [2.45, 2.75) is 44.8 Å². The molecule has 1 amide bonds. The zero-order valence-corrected chi connectivity index (χ0v) is 13.6. The number of rotatable bonds is 1. The summed E-state index contributed by atoms with van der Waals surface area (Å²) in [5.41, 5.74) is 5.69. The van der Waals surface area contributed by atoms with Crippen molar-refractivity contribution in [1.82, 2.24) is 9.80 Å². The van der Waals surface area contributed by atoms with Crippen LogP contribution in [0.2, 0.25) is 0 Å². The average molecular weight is 295 g/mol. The summed E-state index contributed by atoms with van der Waals surface area (Å²) in [5, 5.41) is 0. The van der Waals surface area contributed by atoms with E-state index in [-0.39, 0.29) is 23.3 Å². The van der Waals surface area contributed by atoms with E-state index in [4.69, 9.17) is 10.5 Å². The molecule has 3 unspecified atom stereocenters. The highest BCUT2D eigenvalue weighted by molar-refractivity contribution is 5.89. The largest absolute Gasteiger partial charge is 0.377 e. The third-order valence-corrected chi connectivity index (χ3v) is 6.05. The van der Waals surface area contributed by atoms with E-state index in [1.165, 1.54) is 0 Å². The maximum atomic E-state index is 13.2. The molecule has 0 radical (unpaired) electrons. The van der Waals surface area contributed by atoms with Crippen molar-refractivity contribution in [2.24, 2.45) is 17.1 Å². The summed E-state index contributed by atoms with van der Waals surface area (Å²) in [7, 11) is 2.12. The van der Waals surface area contributed by atoms with E-state index in [0.29, 0.717) is 0 Å². The molecule has 2 heterocycles. The maximum absolute atomic E-state index is 13.2. The summed E-state index contributed by atoms with van der Waals surface area (Å²) < 4.78 is 5.91. The Morgan fingerprint density at radius 1 is 1.19 bits per heavy atom. The highest BCUT2D eigenvalue weighted by Crippen LogP contribution is 2.57. The first-order chi connectivity index (χ1) is 9.89. The van der Waals surface area contributed by atoms with Crippen LogP contribution in [0.3, 0.4) is 0 Å². The van der Waals surface area contributed by atoms with Crippen LogP contribution in [-0.4, -0.2) is 67.2 Å². The molecule has 1 aliphatic carbocycles. The van der Waals surface area contributed by atoms with Gasteiger partial charge in [0.15, 0.2) is 0 Å². The molecule has 3 rings (SSSR count). The third kappa shape index (κ3) is 2.13. The molecule has 2 saturated heterocycles. The van der Waals surface area contributed by atoms with Crippen LogP contribution in [0.4, 0.5) is 0 Å². The van der Waals surface area contributed by atoms with E-state index in [0.717, 1.165) is 52.0 Å². The van der Waals surface area contributed by atoms with Crippen LogP contribution in [-0.2, 0) is 9.53 Å². The number of likely N-dealkylation sites (N-methyl/N-ethyl adjacent to an activating group) is 1. The highest BCUT2D eigenvalue weighted by Gasteiger charge is 2.70. The molecular weight excluding hydrogens is 266 g/mol. The Kier molecular flexibility index (Phi) is 3.79. The molecule has 0 spiro atoms. The van der Waals surface area contributed by atoms with Gasteiger partial charge >= 0.3 is 0 Å². The lowest BCUT2D eigenvalue weighted by molar-refractivity contribution is -0.230. The van der Waals surface area contributed by atoms with Gasteiger partial charge in [-0.15, -0.1) is 0 Å². The Morgan fingerprint density at radius 3 is 2.71 bits per heavy atom. The number of ether oxygens (including phenoxy) is 1. The van der Waals surface area contributed by atoms with Crippen molar-refractivity contribution in [3.8, 4) is 0 Å². The summed E-state index contributed by atoms with van der Waals surface area (Å²) in [6.07, 6.45) is 3.22. The summed E-state index contributed by atoms with van der Waals surface area (Å²) in [4.78, 5) is 17.4. The number of amides is 1. The first-order valence-electron chi connectivity index (χ1n) is 8.27. The second-order valence-corrected chi connectivity index (χ2v) is 7.58. The molecule has 5 nitrogen and oxygen atoms in total. The van der Waals surface area contributed by atoms with Crippen LogP contribution in [0.5, 0.6) is 0 Å². The Morgan fingerprint density at radius 2 is 1.95 bits per heavy atom. The van der Waals surface area contributed by atoms with E-state index in [1.54, 1.807) is 0 Å². The molecular formula is C16H29N3O2. The lowest BCUT2D eigenvalue weighted by Crippen LogP contribution is -2.82. The van der Waals surface area contributed by atoms with E-state index in [9.17, 15) is 4.79 Å². The van der Waals surface area contributed by atoms with E-state index >= 15 is 0 Å². The van der Waals surface area contributed by atoms with Crippen LogP contribution in [0.1, 0.15) is 33.1 Å². The van der Waals surface area contributed by atoms with Gasteiger partial charge in [-0.2, -0.15) is 0 Å². The minimum Gasteiger partial charge on any atom is -0.377 e. The standard InChI is InChI=1S/C16H29N3O2/c1-15(2)13-12(6-4-11-21-13)16(15,17)14(20)19-8-5-7-18(3)9-10-19/h12-13H,4-11,17H2,1-3H3. The molecule has 5 heteroatoms. The van der Waals surface area contributed by atoms with E-state index in [1.807, 2.05) is 4.90 Å². The van der Waals surface area contributed by atoms with Gasteiger partial charge in [-0.3, -0.25) is 4.79 Å². The van der Waals surface area contributed by atoms with Crippen molar-refractivity contribution < 1.29 is 9.53 Å². The molecule has 21 heavy (non-hydrogen) atoms. The molecule has 0 aromatic carbocycles. The SMILES string of the molecule is CN1CCCN(C(=O)C2(N)C3CCCOC3C2(C)C)CC1. The normalized spacial score (nSPS) is 40.1. The molecule has 3 fully saturated rings. The predicted octanol–water partition coefficient (Wildman–Crippen LogP) is 0.683. The molecule has 1 saturated carbocycles. The molecule has 3 aliphatic rings. The fourth-order valence-corrected chi connectivity index (χ4v) is 4.52. The Bertz CT molecular complexity index is 426. The smallest absolute Gasteiger partial charge is 0.243 e. The zero-order chi connectivity index (χ0) is 15.3. The number of fused-ring (bicyclic) bond motifs is 1. The van der Waals surface area contributed by atoms with Gasteiger partial charge in [-0.1, -0.05) is 13.8 Å². The van der Waals surface area contributed by atoms with Crippen molar-refractivity contribution in [3.05, 3.63) is 0 Å². The number of hydrogen-bond donors (Lipinski definition) is 1. The summed E-state index contributed by atoms with van der Waals surface area (Å²) >= 11 is 0. The highest BCUT2D eigenvalue weighted by atomic mass is 16.5. The number of nitrogens with two attached hydrogens (primary N) is 1. The lowest BCUT2D eigenvalue weighted by Gasteiger charge is -2.65. The van der Waals surface area contributed by atoms with Crippen molar-refractivity contribution in [1.29, 1.82) is 0 Å². The Labute approximate surface area is 127 Å². The molecule has 2 N–H and O–H groups in total. The number of carbonyl (C=O) groups is 1. The average Bonchev–Trinajstić information content (AvgIpc) is 2.70. The van der Waals surface area contributed by atoms with Gasteiger partial charge in [0.25, 0.3) is 0 Å². The van der Waals surface area contributed by atoms with Crippen LogP contribution >= 0.6 is 0 Å². The minimum atomic E-state index is -0.749. The van der Waals surface area contributed by atoms with Gasteiger partial charge in [0.05, 0.1) is 6.10 Å². The topological polar surface area (TPSA) is 58.8 Å². The second-order valence-electron chi connectivity index (χ2n) is 7.58. The summed E-state index contributed by atoms with van der Waals surface area (Å²) in [6.45, 7) is 8.62. The number of carbonyl (C=O) groups excluding carboxylic acids is 1. The quantitative estimate of drug-likeness (QED) is 0.773. The Hall–Kier alpha value is -0.650. The van der Waals surface area contributed by atoms with Crippen LogP contribution in [0, 0.1) is 11.3 Å².